The number of fused-ring (bicyclic) bond motifs is 2. The number of benzene rings is 1. The number of piperidine rings is 1. The van der Waals surface area contributed by atoms with Gasteiger partial charge >= 0.3 is 5.97 Å². The van der Waals surface area contributed by atoms with Crippen molar-refractivity contribution in [3.63, 3.8) is 0 Å². The van der Waals surface area contributed by atoms with Crippen LogP contribution >= 0.6 is 0 Å². The van der Waals surface area contributed by atoms with Crippen molar-refractivity contribution in [2.75, 3.05) is 14.2 Å². The van der Waals surface area contributed by atoms with E-state index >= 15 is 0 Å². The van der Waals surface area contributed by atoms with Crippen LogP contribution in [0, 0.1) is 5.92 Å². The standard InChI is InChI=1S/C16H21NO2/c1-17-12-8-9-14(17)15(16(18)19-2)13(10-12)11-6-4-3-5-7-11/h3-7,12-15H,8-10H2,1-2H3/t12-,13?,14?,15+/m1/s1. The zero-order valence-electron chi connectivity index (χ0n) is 11.6. The highest BCUT2D eigenvalue weighted by Gasteiger charge is 2.49. The third-order valence-electron chi connectivity index (χ3n) is 4.97. The Morgan fingerprint density at radius 1 is 1.26 bits per heavy atom. The summed E-state index contributed by atoms with van der Waals surface area (Å²) in [6.45, 7) is 0. The highest BCUT2D eigenvalue weighted by atomic mass is 16.5. The summed E-state index contributed by atoms with van der Waals surface area (Å²) >= 11 is 0. The first kappa shape index (κ1) is 12.7. The molecule has 3 nitrogen and oxygen atoms in total. The second-order valence-corrected chi connectivity index (χ2v) is 5.77. The van der Waals surface area contributed by atoms with Crippen LogP contribution in [0.4, 0.5) is 0 Å². The molecule has 1 aromatic carbocycles. The first-order chi connectivity index (χ1) is 9.22. The number of esters is 1. The SMILES string of the molecule is COC(=O)[C@H]1C(c2ccccc2)C[C@H]2CCC1N2C. The number of carbonyl (C=O) groups excluding carboxylic acids is 1. The van der Waals surface area contributed by atoms with Gasteiger partial charge < -0.3 is 4.74 Å². The molecule has 19 heavy (non-hydrogen) atoms. The van der Waals surface area contributed by atoms with Crippen LogP contribution < -0.4 is 0 Å². The number of carbonyl (C=O) groups is 1. The van der Waals surface area contributed by atoms with E-state index in [1.54, 1.807) is 0 Å². The van der Waals surface area contributed by atoms with Crippen LogP contribution in [0.25, 0.3) is 0 Å². The van der Waals surface area contributed by atoms with Gasteiger partial charge in [-0.1, -0.05) is 30.3 Å². The number of methoxy groups -OCH3 is 1. The van der Waals surface area contributed by atoms with Crippen molar-refractivity contribution >= 4 is 5.97 Å². The molecule has 1 aromatic rings. The largest absolute Gasteiger partial charge is 0.469 e. The maximum absolute atomic E-state index is 12.2. The molecule has 0 aliphatic carbocycles. The highest BCUT2D eigenvalue weighted by Crippen LogP contribution is 2.46. The third kappa shape index (κ3) is 2.06. The predicted molar refractivity (Wildman–Crippen MR) is 73.9 cm³/mol. The van der Waals surface area contributed by atoms with Gasteiger partial charge in [0.2, 0.25) is 0 Å². The lowest BCUT2D eigenvalue weighted by molar-refractivity contribution is -0.150. The summed E-state index contributed by atoms with van der Waals surface area (Å²) in [5.41, 5.74) is 1.28. The number of nitrogens with zero attached hydrogens (tertiary/aromatic N) is 1. The first-order valence-corrected chi connectivity index (χ1v) is 7.07. The minimum atomic E-state index is -0.0500. The minimum Gasteiger partial charge on any atom is -0.469 e. The van der Waals surface area contributed by atoms with E-state index in [2.05, 4.69) is 36.2 Å². The summed E-state index contributed by atoms with van der Waals surface area (Å²) in [7, 11) is 3.66. The Kier molecular flexibility index (Phi) is 3.31. The van der Waals surface area contributed by atoms with Crippen molar-refractivity contribution in [3.05, 3.63) is 35.9 Å². The lowest BCUT2D eigenvalue weighted by atomic mass is 9.76. The summed E-state index contributed by atoms with van der Waals surface area (Å²) in [4.78, 5) is 14.6. The van der Waals surface area contributed by atoms with Crippen LogP contribution in [0.2, 0.25) is 0 Å². The first-order valence-electron chi connectivity index (χ1n) is 7.07. The Hall–Kier alpha value is -1.35. The van der Waals surface area contributed by atoms with Crippen LogP contribution in [-0.2, 0) is 9.53 Å². The minimum absolute atomic E-state index is 0.0175. The number of hydrogen-bond donors (Lipinski definition) is 0. The summed E-state index contributed by atoms with van der Waals surface area (Å²) in [6, 6.07) is 11.4. The van der Waals surface area contributed by atoms with Crippen molar-refractivity contribution in [1.82, 2.24) is 4.90 Å². The molecule has 0 amide bonds. The van der Waals surface area contributed by atoms with Gasteiger partial charge in [0.15, 0.2) is 0 Å². The Morgan fingerprint density at radius 2 is 2.00 bits per heavy atom. The van der Waals surface area contributed by atoms with E-state index in [1.165, 1.54) is 19.1 Å². The average Bonchev–Trinajstić information content (AvgIpc) is 2.70. The van der Waals surface area contributed by atoms with E-state index < -0.39 is 0 Å². The smallest absolute Gasteiger partial charge is 0.310 e. The molecule has 0 spiro atoms. The van der Waals surface area contributed by atoms with Gasteiger partial charge in [-0.25, -0.2) is 0 Å². The van der Waals surface area contributed by atoms with E-state index in [-0.39, 0.29) is 11.9 Å². The maximum Gasteiger partial charge on any atom is 0.310 e. The molecule has 2 fully saturated rings. The Morgan fingerprint density at radius 3 is 2.68 bits per heavy atom. The summed E-state index contributed by atoms with van der Waals surface area (Å²) in [5.74, 6) is 0.240. The number of hydrogen-bond acceptors (Lipinski definition) is 3. The molecule has 0 N–H and O–H groups in total. The van der Waals surface area contributed by atoms with Gasteiger partial charge in [-0.3, -0.25) is 9.69 Å². The van der Waals surface area contributed by atoms with E-state index in [0.717, 1.165) is 12.8 Å². The number of rotatable bonds is 2. The number of ether oxygens (including phenoxy) is 1. The Labute approximate surface area is 114 Å². The van der Waals surface area contributed by atoms with Gasteiger partial charge in [0, 0.05) is 18.0 Å². The van der Waals surface area contributed by atoms with Crippen molar-refractivity contribution in [2.45, 2.75) is 37.3 Å². The van der Waals surface area contributed by atoms with E-state index in [0.29, 0.717) is 18.0 Å². The van der Waals surface area contributed by atoms with Gasteiger partial charge in [0.05, 0.1) is 13.0 Å². The van der Waals surface area contributed by atoms with Crippen LogP contribution in [-0.4, -0.2) is 37.1 Å². The van der Waals surface area contributed by atoms with Gasteiger partial charge in [0.1, 0.15) is 0 Å². The molecule has 2 saturated heterocycles. The topological polar surface area (TPSA) is 29.5 Å². The molecule has 3 heteroatoms. The van der Waals surface area contributed by atoms with Crippen LogP contribution in [0.5, 0.6) is 0 Å². The normalized spacial score (nSPS) is 34.2. The molecule has 0 saturated carbocycles. The molecular weight excluding hydrogens is 238 g/mol. The summed E-state index contributed by atoms with van der Waals surface area (Å²) in [5, 5.41) is 0. The maximum atomic E-state index is 12.2. The van der Waals surface area contributed by atoms with E-state index in [1.807, 2.05) is 6.07 Å². The molecule has 4 atom stereocenters. The second kappa shape index (κ2) is 4.97. The molecule has 2 aliphatic heterocycles. The van der Waals surface area contributed by atoms with Crippen molar-refractivity contribution < 1.29 is 9.53 Å². The molecule has 3 rings (SSSR count). The van der Waals surface area contributed by atoms with Crippen molar-refractivity contribution in [3.8, 4) is 0 Å². The summed E-state index contributed by atoms with van der Waals surface area (Å²) < 4.78 is 5.07. The average molecular weight is 259 g/mol. The molecule has 0 radical (unpaired) electrons. The fourth-order valence-corrected chi connectivity index (χ4v) is 3.97. The third-order valence-corrected chi connectivity index (χ3v) is 4.97. The fourth-order valence-electron chi connectivity index (χ4n) is 3.97. The summed E-state index contributed by atoms with van der Waals surface area (Å²) in [6.07, 6.45) is 3.39. The van der Waals surface area contributed by atoms with Gasteiger partial charge in [-0.15, -0.1) is 0 Å². The van der Waals surface area contributed by atoms with Crippen LogP contribution in [0.3, 0.4) is 0 Å². The van der Waals surface area contributed by atoms with Gasteiger partial charge in [-0.05, 0) is 31.9 Å². The quantitative estimate of drug-likeness (QED) is 0.764. The van der Waals surface area contributed by atoms with Crippen molar-refractivity contribution in [2.24, 2.45) is 5.92 Å². The predicted octanol–water partition coefficient (Wildman–Crippen LogP) is 2.43. The van der Waals surface area contributed by atoms with Crippen LogP contribution in [0.15, 0.2) is 30.3 Å². The van der Waals surface area contributed by atoms with Crippen LogP contribution in [0.1, 0.15) is 30.7 Å². The molecule has 0 aromatic heterocycles. The van der Waals surface area contributed by atoms with Crippen molar-refractivity contribution in [1.29, 1.82) is 0 Å². The highest BCUT2D eigenvalue weighted by molar-refractivity contribution is 5.75. The molecule has 2 unspecified atom stereocenters. The molecule has 102 valence electrons. The molecular formula is C16H21NO2. The lowest BCUT2D eigenvalue weighted by Gasteiger charge is -2.41. The monoisotopic (exact) mass is 259 g/mol. The van der Waals surface area contributed by atoms with E-state index in [4.69, 9.17) is 4.74 Å². The van der Waals surface area contributed by atoms with Gasteiger partial charge in [0.25, 0.3) is 0 Å². The van der Waals surface area contributed by atoms with Gasteiger partial charge in [-0.2, -0.15) is 0 Å². The molecule has 2 aliphatic rings. The molecule has 2 bridgehead atoms. The zero-order chi connectivity index (χ0) is 13.4. The Balaban J connectivity index is 1.96. The zero-order valence-corrected chi connectivity index (χ0v) is 11.6. The molecule has 2 heterocycles. The lowest BCUT2D eigenvalue weighted by Crippen LogP contribution is -2.49. The Bertz CT molecular complexity index is 459. The van der Waals surface area contributed by atoms with E-state index in [9.17, 15) is 4.79 Å². The second-order valence-electron chi connectivity index (χ2n) is 5.77. The fraction of sp³-hybridized carbons (Fsp3) is 0.562.